The Morgan fingerprint density at radius 1 is 1.24 bits per heavy atom. The highest BCUT2D eigenvalue weighted by Gasteiger charge is 2.27. The number of rotatable bonds is 8. The second-order valence-electron chi connectivity index (χ2n) is 8.93. The number of ether oxygens (including phenoxy) is 1. The summed E-state index contributed by atoms with van der Waals surface area (Å²) in [6, 6.07) is 7.90. The fourth-order valence-electron chi connectivity index (χ4n) is 4.28. The van der Waals surface area contributed by atoms with Gasteiger partial charge < -0.3 is 19.0 Å². The van der Waals surface area contributed by atoms with Gasteiger partial charge in [0.15, 0.2) is 11.4 Å². The SMILES string of the molecule is CN(C)[C@@H]1CCN(c2nccc3oc(-c4cnc5ccc(OCCCS(C)(=O)=O)nn45)cc23)C1. The number of likely N-dealkylation sites (N-methyl/N-ethyl adjacent to an activating group) is 1. The molecular formula is C23H28N6O4S. The van der Waals surface area contributed by atoms with E-state index in [-0.39, 0.29) is 12.4 Å². The van der Waals surface area contributed by atoms with Crippen LogP contribution in [0.5, 0.6) is 5.88 Å². The molecule has 0 unspecified atom stereocenters. The second kappa shape index (κ2) is 8.88. The van der Waals surface area contributed by atoms with Crippen molar-refractivity contribution in [2.75, 3.05) is 50.7 Å². The van der Waals surface area contributed by atoms with Crippen LogP contribution in [0.4, 0.5) is 5.82 Å². The van der Waals surface area contributed by atoms with Gasteiger partial charge >= 0.3 is 0 Å². The zero-order chi connectivity index (χ0) is 23.9. The molecule has 0 aromatic carbocycles. The van der Waals surface area contributed by atoms with Crippen molar-refractivity contribution in [3.63, 3.8) is 0 Å². The summed E-state index contributed by atoms with van der Waals surface area (Å²) >= 11 is 0. The number of hydrogen-bond donors (Lipinski definition) is 0. The number of aromatic nitrogens is 4. The Labute approximate surface area is 198 Å². The molecule has 0 aliphatic carbocycles. The van der Waals surface area contributed by atoms with E-state index in [2.05, 4.69) is 39.0 Å². The first kappa shape index (κ1) is 22.6. The summed E-state index contributed by atoms with van der Waals surface area (Å²) in [5.74, 6) is 2.04. The fraction of sp³-hybridized carbons (Fsp3) is 0.435. The summed E-state index contributed by atoms with van der Waals surface area (Å²) in [5.41, 5.74) is 2.12. The van der Waals surface area contributed by atoms with Crippen molar-refractivity contribution in [3.8, 4) is 17.3 Å². The first-order chi connectivity index (χ1) is 16.3. The van der Waals surface area contributed by atoms with Gasteiger partial charge in [-0.1, -0.05) is 0 Å². The average Bonchev–Trinajstić information content (AvgIpc) is 3.53. The van der Waals surface area contributed by atoms with Crippen LogP contribution in [-0.2, 0) is 9.84 Å². The first-order valence-corrected chi connectivity index (χ1v) is 13.3. The molecular weight excluding hydrogens is 456 g/mol. The molecule has 0 spiro atoms. The molecule has 4 aromatic rings. The van der Waals surface area contributed by atoms with Crippen molar-refractivity contribution >= 4 is 32.3 Å². The molecule has 0 amide bonds. The molecule has 34 heavy (non-hydrogen) atoms. The Hall–Kier alpha value is -3.18. The van der Waals surface area contributed by atoms with Crippen LogP contribution in [0.25, 0.3) is 28.1 Å². The van der Waals surface area contributed by atoms with Crippen LogP contribution >= 0.6 is 0 Å². The van der Waals surface area contributed by atoms with Gasteiger partial charge in [0.2, 0.25) is 5.88 Å². The number of nitrogens with zero attached hydrogens (tertiary/aromatic N) is 6. The number of furan rings is 1. The van der Waals surface area contributed by atoms with Crippen molar-refractivity contribution in [2.24, 2.45) is 0 Å². The largest absolute Gasteiger partial charge is 0.477 e. The Kier molecular flexibility index (Phi) is 5.90. The molecule has 0 bridgehead atoms. The smallest absolute Gasteiger partial charge is 0.231 e. The highest BCUT2D eigenvalue weighted by molar-refractivity contribution is 7.90. The minimum atomic E-state index is -3.02. The van der Waals surface area contributed by atoms with Gasteiger partial charge in [-0.2, -0.15) is 0 Å². The summed E-state index contributed by atoms with van der Waals surface area (Å²) in [4.78, 5) is 13.7. The molecule has 1 atom stereocenters. The molecule has 4 aromatic heterocycles. The van der Waals surface area contributed by atoms with Gasteiger partial charge in [0.1, 0.15) is 26.9 Å². The lowest BCUT2D eigenvalue weighted by Gasteiger charge is -2.21. The number of hydrogen-bond acceptors (Lipinski definition) is 9. The number of pyridine rings is 1. The van der Waals surface area contributed by atoms with E-state index in [0.717, 1.165) is 36.3 Å². The standard InChI is InChI=1S/C23H28N6O4S/c1-27(2)16-8-10-28(15-16)23-17-13-20(33-19(17)7-9-24-23)18-14-25-21-5-6-22(26-29(18)21)32-11-4-12-34(3,30)31/h5-7,9,13-14,16H,4,8,10-12,15H2,1-3H3/t16-/m1/s1. The van der Waals surface area contributed by atoms with E-state index >= 15 is 0 Å². The van der Waals surface area contributed by atoms with Gasteiger partial charge in [0, 0.05) is 37.7 Å². The maximum Gasteiger partial charge on any atom is 0.231 e. The summed E-state index contributed by atoms with van der Waals surface area (Å²) in [6.45, 7) is 2.14. The highest BCUT2D eigenvalue weighted by Crippen LogP contribution is 2.34. The zero-order valence-electron chi connectivity index (χ0n) is 19.5. The number of anilines is 1. The minimum Gasteiger partial charge on any atom is -0.477 e. The van der Waals surface area contributed by atoms with Crippen LogP contribution in [0.15, 0.2) is 41.1 Å². The second-order valence-corrected chi connectivity index (χ2v) is 11.2. The topological polar surface area (TPSA) is 106 Å². The lowest BCUT2D eigenvalue weighted by atomic mass is 10.2. The van der Waals surface area contributed by atoms with Crippen molar-refractivity contribution < 1.29 is 17.6 Å². The van der Waals surface area contributed by atoms with Crippen molar-refractivity contribution in [1.82, 2.24) is 24.5 Å². The van der Waals surface area contributed by atoms with E-state index in [1.54, 1.807) is 23.0 Å². The predicted molar refractivity (Wildman–Crippen MR) is 130 cm³/mol. The zero-order valence-corrected chi connectivity index (χ0v) is 20.3. The van der Waals surface area contributed by atoms with E-state index < -0.39 is 9.84 Å². The summed E-state index contributed by atoms with van der Waals surface area (Å²) in [5, 5.41) is 5.49. The fourth-order valence-corrected chi connectivity index (χ4v) is 4.92. The summed E-state index contributed by atoms with van der Waals surface area (Å²) < 4.78 is 36.1. The molecule has 180 valence electrons. The molecule has 5 rings (SSSR count). The van der Waals surface area contributed by atoms with Gasteiger partial charge in [-0.05, 0) is 45.1 Å². The van der Waals surface area contributed by atoms with Gasteiger partial charge in [0.05, 0.1) is 23.9 Å². The third kappa shape index (κ3) is 4.58. The minimum absolute atomic E-state index is 0.0766. The Bertz CT molecular complexity index is 1430. The van der Waals surface area contributed by atoms with Gasteiger partial charge in [-0.3, -0.25) is 0 Å². The van der Waals surface area contributed by atoms with E-state index in [0.29, 0.717) is 35.4 Å². The number of fused-ring (bicyclic) bond motifs is 2. The Balaban J connectivity index is 1.42. The molecule has 10 nitrogen and oxygen atoms in total. The highest BCUT2D eigenvalue weighted by atomic mass is 32.2. The van der Waals surface area contributed by atoms with E-state index in [9.17, 15) is 8.42 Å². The van der Waals surface area contributed by atoms with E-state index in [1.165, 1.54) is 6.26 Å². The third-order valence-corrected chi connectivity index (χ3v) is 7.15. The van der Waals surface area contributed by atoms with E-state index in [1.807, 2.05) is 18.2 Å². The summed E-state index contributed by atoms with van der Waals surface area (Å²) in [7, 11) is 1.21. The Morgan fingerprint density at radius 2 is 2.09 bits per heavy atom. The molecule has 0 saturated carbocycles. The third-order valence-electron chi connectivity index (χ3n) is 6.12. The summed E-state index contributed by atoms with van der Waals surface area (Å²) in [6.07, 6.45) is 6.22. The van der Waals surface area contributed by atoms with Crippen LogP contribution in [-0.4, -0.2) is 84.7 Å². The van der Waals surface area contributed by atoms with Crippen LogP contribution < -0.4 is 9.64 Å². The monoisotopic (exact) mass is 484 g/mol. The molecule has 5 heterocycles. The maximum absolute atomic E-state index is 11.3. The van der Waals surface area contributed by atoms with Crippen LogP contribution in [0.2, 0.25) is 0 Å². The number of sulfone groups is 1. The number of imidazole rings is 1. The van der Waals surface area contributed by atoms with Crippen LogP contribution in [0.1, 0.15) is 12.8 Å². The average molecular weight is 485 g/mol. The normalized spacial score (nSPS) is 16.8. The molecule has 1 saturated heterocycles. The maximum atomic E-state index is 11.3. The van der Waals surface area contributed by atoms with Gasteiger partial charge in [-0.15, -0.1) is 5.10 Å². The van der Waals surface area contributed by atoms with Crippen molar-refractivity contribution in [3.05, 3.63) is 36.7 Å². The van der Waals surface area contributed by atoms with Gasteiger partial charge in [0.25, 0.3) is 0 Å². The lowest BCUT2D eigenvalue weighted by molar-refractivity contribution is 0.301. The molecule has 1 aliphatic rings. The van der Waals surface area contributed by atoms with Gasteiger partial charge in [-0.25, -0.2) is 22.9 Å². The molecule has 1 fully saturated rings. The predicted octanol–water partition coefficient (Wildman–Crippen LogP) is 2.49. The molecule has 0 N–H and O–H groups in total. The first-order valence-electron chi connectivity index (χ1n) is 11.2. The Morgan fingerprint density at radius 3 is 2.85 bits per heavy atom. The van der Waals surface area contributed by atoms with Crippen molar-refractivity contribution in [2.45, 2.75) is 18.9 Å². The lowest BCUT2D eigenvalue weighted by Crippen LogP contribution is -2.31. The van der Waals surface area contributed by atoms with E-state index in [4.69, 9.17) is 9.15 Å². The quantitative estimate of drug-likeness (QED) is 0.349. The molecule has 11 heteroatoms. The molecule has 0 radical (unpaired) electrons. The molecule has 1 aliphatic heterocycles. The van der Waals surface area contributed by atoms with Crippen molar-refractivity contribution in [1.29, 1.82) is 0 Å². The van der Waals surface area contributed by atoms with Crippen LogP contribution in [0, 0.1) is 0 Å². The van der Waals surface area contributed by atoms with Crippen LogP contribution in [0.3, 0.4) is 0 Å².